The molecule has 0 atom stereocenters. The number of aryl methyl sites for hydroxylation is 1. The molecular formula is C19H22ClNO7S. The Kier molecular flexibility index (Phi) is 7.21. The van der Waals surface area contributed by atoms with Crippen LogP contribution in [0.25, 0.3) is 0 Å². The third-order valence-corrected chi connectivity index (χ3v) is 6.23. The molecule has 0 aliphatic rings. The molecule has 0 heterocycles. The van der Waals surface area contributed by atoms with Crippen molar-refractivity contribution in [3.63, 3.8) is 0 Å². The molecule has 0 fully saturated rings. The third kappa shape index (κ3) is 4.68. The highest BCUT2D eigenvalue weighted by Gasteiger charge is 2.31. The number of esters is 1. The highest BCUT2D eigenvalue weighted by Crippen LogP contribution is 2.40. The highest BCUT2D eigenvalue weighted by atomic mass is 35.5. The number of carbonyl (C=O) groups excluding carboxylic acids is 1. The molecule has 0 aromatic heterocycles. The summed E-state index contributed by atoms with van der Waals surface area (Å²) in [4.78, 5) is 12.0. The Hall–Kier alpha value is -2.65. The van der Waals surface area contributed by atoms with Gasteiger partial charge in [-0.1, -0.05) is 11.6 Å². The van der Waals surface area contributed by atoms with Crippen molar-refractivity contribution in [3.8, 4) is 17.2 Å². The van der Waals surface area contributed by atoms with Gasteiger partial charge in [0, 0.05) is 12.1 Å². The molecule has 2 aromatic rings. The van der Waals surface area contributed by atoms with Crippen molar-refractivity contribution in [1.29, 1.82) is 0 Å². The largest absolute Gasteiger partial charge is 0.496 e. The number of halogens is 1. The van der Waals surface area contributed by atoms with E-state index in [-0.39, 0.29) is 27.1 Å². The molecule has 2 aromatic carbocycles. The van der Waals surface area contributed by atoms with Crippen LogP contribution in [0.2, 0.25) is 5.02 Å². The minimum atomic E-state index is -4.18. The molecule has 0 amide bonds. The van der Waals surface area contributed by atoms with E-state index >= 15 is 0 Å². The molecule has 158 valence electrons. The van der Waals surface area contributed by atoms with E-state index in [1.807, 2.05) is 0 Å². The summed E-state index contributed by atoms with van der Waals surface area (Å²) in [5.41, 5.74) is 0.694. The summed E-state index contributed by atoms with van der Waals surface area (Å²) >= 11 is 6.12. The molecule has 0 unspecified atom stereocenters. The Balaban J connectivity index is 2.71. The van der Waals surface area contributed by atoms with Gasteiger partial charge < -0.3 is 18.9 Å². The molecule has 0 N–H and O–H groups in total. The van der Waals surface area contributed by atoms with Gasteiger partial charge in [0.2, 0.25) is 0 Å². The number of sulfonamides is 1. The summed E-state index contributed by atoms with van der Waals surface area (Å²) in [6.45, 7) is 1.14. The van der Waals surface area contributed by atoms with Gasteiger partial charge in [-0.25, -0.2) is 8.42 Å². The molecule has 0 bridgehead atoms. The van der Waals surface area contributed by atoms with Crippen LogP contribution in [0.5, 0.6) is 17.2 Å². The molecule has 0 radical (unpaired) electrons. The molecule has 10 heteroatoms. The van der Waals surface area contributed by atoms with Gasteiger partial charge in [-0.2, -0.15) is 0 Å². The average Bonchev–Trinajstić information content (AvgIpc) is 2.71. The molecular weight excluding hydrogens is 422 g/mol. The van der Waals surface area contributed by atoms with E-state index in [1.54, 1.807) is 6.92 Å². The Morgan fingerprint density at radius 1 is 0.966 bits per heavy atom. The van der Waals surface area contributed by atoms with Crippen LogP contribution in [0.3, 0.4) is 0 Å². The lowest BCUT2D eigenvalue weighted by Gasteiger charge is -2.26. The van der Waals surface area contributed by atoms with Crippen molar-refractivity contribution in [2.75, 3.05) is 39.3 Å². The van der Waals surface area contributed by atoms with E-state index in [4.69, 9.17) is 25.8 Å². The smallest absolute Gasteiger partial charge is 0.326 e. The second-order valence-electron chi connectivity index (χ2n) is 5.88. The maximum atomic E-state index is 13.4. The Morgan fingerprint density at radius 2 is 1.59 bits per heavy atom. The lowest BCUT2D eigenvalue weighted by atomic mass is 10.2. The van der Waals surface area contributed by atoms with E-state index in [9.17, 15) is 13.2 Å². The predicted octanol–water partition coefficient (Wildman–Crippen LogP) is 3.04. The topological polar surface area (TPSA) is 91.4 Å². The second-order valence-corrected chi connectivity index (χ2v) is 8.15. The van der Waals surface area contributed by atoms with Crippen LogP contribution < -0.4 is 18.5 Å². The molecule has 2 rings (SSSR count). The molecule has 0 aliphatic carbocycles. The molecule has 0 spiro atoms. The molecule has 0 aliphatic heterocycles. The SMILES string of the molecule is COC(=O)CN(c1cc(OC)c(Cl)cc1OC)S(=O)(=O)c1ccc(OC)c(C)c1. The van der Waals surface area contributed by atoms with E-state index in [1.165, 1.54) is 58.8 Å². The lowest BCUT2D eigenvalue weighted by molar-refractivity contribution is -0.138. The standard InChI is InChI=1S/C19H22ClNO7S/c1-12-8-13(6-7-16(12)25-2)29(23,24)21(11-19(22)28-5)15-10-17(26-3)14(20)9-18(15)27-4/h6-10H,11H2,1-5H3. The van der Waals surface area contributed by atoms with Crippen LogP contribution in [0.4, 0.5) is 5.69 Å². The monoisotopic (exact) mass is 443 g/mol. The van der Waals surface area contributed by atoms with Gasteiger partial charge in [0.15, 0.2) is 0 Å². The highest BCUT2D eigenvalue weighted by molar-refractivity contribution is 7.92. The number of nitrogens with zero attached hydrogens (tertiary/aromatic N) is 1. The van der Waals surface area contributed by atoms with Crippen LogP contribution in [-0.2, 0) is 19.6 Å². The second kappa shape index (κ2) is 9.23. The maximum Gasteiger partial charge on any atom is 0.326 e. The van der Waals surface area contributed by atoms with Gasteiger partial charge >= 0.3 is 5.97 Å². The molecule has 0 saturated heterocycles. The van der Waals surface area contributed by atoms with Gasteiger partial charge in [0.05, 0.1) is 44.0 Å². The number of methoxy groups -OCH3 is 4. The summed E-state index contributed by atoms with van der Waals surface area (Å²) < 4.78 is 48.1. The van der Waals surface area contributed by atoms with Crippen molar-refractivity contribution in [2.24, 2.45) is 0 Å². The fourth-order valence-corrected chi connectivity index (χ4v) is 4.39. The van der Waals surface area contributed by atoms with Crippen molar-refractivity contribution in [1.82, 2.24) is 0 Å². The first-order valence-electron chi connectivity index (χ1n) is 8.35. The Bertz CT molecular complexity index is 1010. The summed E-state index contributed by atoms with van der Waals surface area (Å²) in [7, 11) is 1.24. The number of rotatable bonds is 8. The van der Waals surface area contributed by atoms with Crippen LogP contribution in [0.15, 0.2) is 35.2 Å². The zero-order chi connectivity index (χ0) is 21.8. The minimum absolute atomic E-state index is 0.0318. The first-order valence-corrected chi connectivity index (χ1v) is 10.2. The van der Waals surface area contributed by atoms with Gasteiger partial charge in [0.1, 0.15) is 23.8 Å². The third-order valence-electron chi connectivity index (χ3n) is 4.18. The summed E-state index contributed by atoms with van der Waals surface area (Å²) in [5.74, 6) is 0.149. The zero-order valence-electron chi connectivity index (χ0n) is 16.7. The van der Waals surface area contributed by atoms with Crippen LogP contribution in [0.1, 0.15) is 5.56 Å². The Labute approximate surface area is 174 Å². The lowest BCUT2D eigenvalue weighted by Crippen LogP contribution is -2.36. The fraction of sp³-hybridized carbons (Fsp3) is 0.316. The van der Waals surface area contributed by atoms with Crippen molar-refractivity contribution in [2.45, 2.75) is 11.8 Å². The van der Waals surface area contributed by atoms with Gasteiger partial charge in [-0.3, -0.25) is 9.10 Å². The number of hydrogen-bond acceptors (Lipinski definition) is 7. The summed E-state index contributed by atoms with van der Waals surface area (Å²) in [6.07, 6.45) is 0. The normalized spacial score (nSPS) is 11.0. The van der Waals surface area contributed by atoms with Crippen LogP contribution in [-0.4, -0.2) is 49.4 Å². The summed E-state index contributed by atoms with van der Waals surface area (Å²) in [6, 6.07) is 7.19. The quantitative estimate of drug-likeness (QED) is 0.579. The van der Waals surface area contributed by atoms with E-state index < -0.39 is 22.5 Å². The first-order chi connectivity index (χ1) is 13.7. The maximum absolute atomic E-state index is 13.4. The molecule has 29 heavy (non-hydrogen) atoms. The first kappa shape index (κ1) is 22.6. The van der Waals surface area contributed by atoms with Crippen molar-refractivity contribution >= 4 is 33.3 Å². The van der Waals surface area contributed by atoms with Gasteiger partial charge in [-0.05, 0) is 30.7 Å². The van der Waals surface area contributed by atoms with Crippen molar-refractivity contribution in [3.05, 3.63) is 40.9 Å². The summed E-state index contributed by atoms with van der Waals surface area (Å²) in [5, 5.41) is 0.226. The van der Waals surface area contributed by atoms with Crippen LogP contribution in [0, 0.1) is 6.92 Å². The average molecular weight is 444 g/mol. The van der Waals surface area contributed by atoms with Crippen LogP contribution >= 0.6 is 11.6 Å². The fourth-order valence-electron chi connectivity index (χ4n) is 2.66. The Morgan fingerprint density at radius 3 is 2.10 bits per heavy atom. The number of hydrogen-bond donors (Lipinski definition) is 0. The number of benzene rings is 2. The number of carbonyl (C=O) groups is 1. The van der Waals surface area contributed by atoms with Gasteiger partial charge in [-0.15, -0.1) is 0 Å². The molecule has 8 nitrogen and oxygen atoms in total. The zero-order valence-corrected chi connectivity index (χ0v) is 18.3. The van der Waals surface area contributed by atoms with Gasteiger partial charge in [0.25, 0.3) is 10.0 Å². The van der Waals surface area contributed by atoms with E-state index in [0.717, 1.165) is 4.31 Å². The van der Waals surface area contributed by atoms with E-state index in [0.29, 0.717) is 11.3 Å². The number of anilines is 1. The predicted molar refractivity (Wildman–Crippen MR) is 109 cm³/mol. The minimum Gasteiger partial charge on any atom is -0.496 e. The number of ether oxygens (including phenoxy) is 4. The van der Waals surface area contributed by atoms with E-state index in [2.05, 4.69) is 4.74 Å². The molecule has 0 saturated carbocycles. The van der Waals surface area contributed by atoms with Crippen molar-refractivity contribution < 1.29 is 32.2 Å².